The predicted molar refractivity (Wildman–Crippen MR) is 76.0 cm³/mol. The van der Waals surface area contributed by atoms with Crippen LogP contribution in [0.1, 0.15) is 13.8 Å². The molecule has 19 heavy (non-hydrogen) atoms. The number of carboxylic acids is 1. The highest BCUT2D eigenvalue weighted by atomic mass is 16.5. The van der Waals surface area contributed by atoms with E-state index in [0.29, 0.717) is 6.54 Å². The number of ether oxygens (including phenoxy) is 1. The minimum atomic E-state index is -0.853. The van der Waals surface area contributed by atoms with Crippen molar-refractivity contribution >= 4 is 11.7 Å². The molecule has 1 rings (SSSR count). The van der Waals surface area contributed by atoms with E-state index in [0.717, 1.165) is 11.4 Å². The number of hydrogen-bond donors (Lipinski definition) is 2. The van der Waals surface area contributed by atoms with Crippen molar-refractivity contribution in [2.75, 3.05) is 25.5 Å². The third-order valence-corrected chi connectivity index (χ3v) is 2.75. The molecule has 5 heteroatoms. The van der Waals surface area contributed by atoms with Gasteiger partial charge in [0.15, 0.2) is 0 Å². The van der Waals surface area contributed by atoms with Crippen molar-refractivity contribution < 1.29 is 14.6 Å². The van der Waals surface area contributed by atoms with E-state index in [9.17, 15) is 4.79 Å². The smallest absolute Gasteiger partial charge is 0.322 e. The Morgan fingerprint density at radius 3 is 2.37 bits per heavy atom. The van der Waals surface area contributed by atoms with Crippen molar-refractivity contribution in [2.24, 2.45) is 0 Å². The number of anilines is 1. The van der Waals surface area contributed by atoms with Gasteiger partial charge in [-0.1, -0.05) is 0 Å². The van der Waals surface area contributed by atoms with E-state index in [-0.39, 0.29) is 6.10 Å². The van der Waals surface area contributed by atoms with Crippen molar-refractivity contribution in [3.8, 4) is 5.75 Å². The Morgan fingerprint density at radius 2 is 1.95 bits per heavy atom. The van der Waals surface area contributed by atoms with Gasteiger partial charge in [-0.2, -0.15) is 0 Å². The summed E-state index contributed by atoms with van der Waals surface area (Å²) in [4.78, 5) is 12.9. The molecule has 1 unspecified atom stereocenters. The number of likely N-dealkylation sites (N-methyl/N-ethyl adjacent to an activating group) is 2. The quantitative estimate of drug-likeness (QED) is 0.784. The Balaban J connectivity index is 2.67. The summed E-state index contributed by atoms with van der Waals surface area (Å²) in [6.07, 6.45) is 0.143. The van der Waals surface area contributed by atoms with E-state index in [1.54, 1.807) is 7.05 Å². The average molecular weight is 266 g/mol. The number of carbonyl (C=O) groups is 1. The average Bonchev–Trinajstić information content (AvgIpc) is 2.35. The molecule has 0 bridgehead atoms. The summed E-state index contributed by atoms with van der Waals surface area (Å²) in [5.74, 6) is -0.0373. The first-order valence-electron chi connectivity index (χ1n) is 6.32. The summed E-state index contributed by atoms with van der Waals surface area (Å²) in [6, 6.07) is 7.04. The molecular weight excluding hydrogens is 244 g/mol. The van der Waals surface area contributed by atoms with Gasteiger partial charge < -0.3 is 20.1 Å². The van der Waals surface area contributed by atoms with Crippen LogP contribution in [-0.4, -0.2) is 43.9 Å². The molecule has 0 amide bonds. The van der Waals surface area contributed by atoms with Gasteiger partial charge in [0.2, 0.25) is 0 Å². The molecule has 0 aliphatic heterocycles. The second-order valence-corrected chi connectivity index (χ2v) is 4.72. The molecule has 0 saturated heterocycles. The van der Waals surface area contributed by atoms with Crippen LogP contribution in [-0.2, 0) is 4.79 Å². The number of aliphatic carboxylic acids is 1. The summed E-state index contributed by atoms with van der Waals surface area (Å²) in [5.41, 5.74) is 0.956. The lowest BCUT2D eigenvalue weighted by Gasteiger charge is -2.23. The van der Waals surface area contributed by atoms with E-state index in [1.165, 1.54) is 0 Å². The SMILES string of the molecule is CNC(CN(C)c1ccc(OC(C)C)cc1)C(=O)O. The molecule has 0 aliphatic carbocycles. The molecule has 1 aromatic rings. The van der Waals surface area contributed by atoms with Crippen molar-refractivity contribution in [1.29, 1.82) is 0 Å². The third kappa shape index (κ3) is 4.79. The van der Waals surface area contributed by atoms with Gasteiger partial charge in [0.1, 0.15) is 11.8 Å². The zero-order valence-electron chi connectivity index (χ0n) is 11.9. The standard InChI is InChI=1S/C14H22N2O3/c1-10(2)19-12-7-5-11(6-8-12)16(4)9-13(15-3)14(17)18/h5-8,10,13,15H,9H2,1-4H3,(H,17,18). The van der Waals surface area contributed by atoms with Gasteiger partial charge in [-0.25, -0.2) is 0 Å². The minimum absolute atomic E-state index is 0.143. The molecule has 0 saturated carbocycles. The zero-order chi connectivity index (χ0) is 14.4. The molecular formula is C14H22N2O3. The second-order valence-electron chi connectivity index (χ2n) is 4.72. The highest BCUT2D eigenvalue weighted by Gasteiger charge is 2.17. The Bertz CT molecular complexity index is 404. The number of carboxylic acid groups (broad SMARTS) is 1. The Labute approximate surface area is 114 Å². The van der Waals surface area contributed by atoms with Gasteiger partial charge in [-0.15, -0.1) is 0 Å². The summed E-state index contributed by atoms with van der Waals surface area (Å²) in [7, 11) is 3.51. The van der Waals surface area contributed by atoms with Crippen molar-refractivity contribution in [2.45, 2.75) is 26.0 Å². The first kappa shape index (κ1) is 15.3. The fourth-order valence-electron chi connectivity index (χ4n) is 1.72. The van der Waals surface area contributed by atoms with E-state index >= 15 is 0 Å². The number of rotatable bonds is 7. The van der Waals surface area contributed by atoms with Gasteiger partial charge in [0.25, 0.3) is 0 Å². The fraction of sp³-hybridized carbons (Fsp3) is 0.500. The van der Waals surface area contributed by atoms with Crippen LogP contribution in [0.3, 0.4) is 0 Å². The Hall–Kier alpha value is -1.75. The lowest BCUT2D eigenvalue weighted by Crippen LogP contribution is -2.43. The van der Waals surface area contributed by atoms with Crippen molar-refractivity contribution in [3.63, 3.8) is 0 Å². The summed E-state index contributed by atoms with van der Waals surface area (Å²) < 4.78 is 5.56. The van der Waals surface area contributed by atoms with Crippen LogP contribution >= 0.6 is 0 Å². The number of nitrogens with zero attached hydrogens (tertiary/aromatic N) is 1. The highest BCUT2D eigenvalue weighted by Crippen LogP contribution is 2.19. The molecule has 2 N–H and O–H groups in total. The van der Waals surface area contributed by atoms with Crippen LogP contribution in [0.2, 0.25) is 0 Å². The normalized spacial score (nSPS) is 12.3. The van der Waals surface area contributed by atoms with E-state index in [4.69, 9.17) is 9.84 Å². The first-order valence-corrected chi connectivity index (χ1v) is 6.32. The van der Waals surface area contributed by atoms with Crippen molar-refractivity contribution in [1.82, 2.24) is 5.32 Å². The van der Waals surface area contributed by atoms with Gasteiger partial charge in [-0.3, -0.25) is 4.79 Å². The maximum Gasteiger partial charge on any atom is 0.322 e. The van der Waals surface area contributed by atoms with Crippen molar-refractivity contribution in [3.05, 3.63) is 24.3 Å². The minimum Gasteiger partial charge on any atom is -0.491 e. The molecule has 0 aromatic heterocycles. The summed E-state index contributed by atoms with van der Waals surface area (Å²) in [5, 5.41) is 11.8. The molecule has 5 nitrogen and oxygen atoms in total. The first-order chi connectivity index (χ1) is 8.93. The van der Waals surface area contributed by atoms with E-state index in [1.807, 2.05) is 50.1 Å². The molecule has 0 fully saturated rings. The fourth-order valence-corrected chi connectivity index (χ4v) is 1.72. The van der Waals surface area contributed by atoms with Gasteiger partial charge in [0.05, 0.1) is 6.10 Å². The maximum absolute atomic E-state index is 11.0. The van der Waals surface area contributed by atoms with Gasteiger partial charge in [0, 0.05) is 19.3 Å². The largest absolute Gasteiger partial charge is 0.491 e. The number of nitrogens with one attached hydrogen (secondary N) is 1. The maximum atomic E-state index is 11.0. The zero-order valence-corrected chi connectivity index (χ0v) is 11.9. The van der Waals surface area contributed by atoms with Crippen LogP contribution in [0.5, 0.6) is 5.75 Å². The third-order valence-electron chi connectivity index (χ3n) is 2.75. The van der Waals surface area contributed by atoms with Crippen LogP contribution in [0.25, 0.3) is 0 Å². The van der Waals surface area contributed by atoms with Gasteiger partial charge >= 0.3 is 5.97 Å². The molecule has 106 valence electrons. The van der Waals surface area contributed by atoms with Crippen LogP contribution < -0.4 is 15.0 Å². The van der Waals surface area contributed by atoms with Crippen LogP contribution in [0.4, 0.5) is 5.69 Å². The monoisotopic (exact) mass is 266 g/mol. The molecule has 0 spiro atoms. The lowest BCUT2D eigenvalue weighted by molar-refractivity contribution is -0.139. The molecule has 0 radical (unpaired) electrons. The van der Waals surface area contributed by atoms with Crippen LogP contribution in [0.15, 0.2) is 24.3 Å². The highest BCUT2D eigenvalue weighted by molar-refractivity contribution is 5.74. The second kappa shape index (κ2) is 6.99. The molecule has 0 aliphatic rings. The predicted octanol–water partition coefficient (Wildman–Crippen LogP) is 1.58. The number of benzene rings is 1. The van der Waals surface area contributed by atoms with Crippen LogP contribution in [0, 0.1) is 0 Å². The van der Waals surface area contributed by atoms with E-state index < -0.39 is 12.0 Å². The Morgan fingerprint density at radius 1 is 1.37 bits per heavy atom. The van der Waals surface area contributed by atoms with E-state index in [2.05, 4.69) is 5.32 Å². The molecule has 1 aromatic carbocycles. The molecule has 1 atom stereocenters. The lowest BCUT2D eigenvalue weighted by atomic mass is 10.2. The Kier molecular flexibility index (Phi) is 5.63. The summed E-state index contributed by atoms with van der Waals surface area (Å²) >= 11 is 0. The number of hydrogen-bond acceptors (Lipinski definition) is 4. The van der Waals surface area contributed by atoms with Gasteiger partial charge in [-0.05, 0) is 45.2 Å². The summed E-state index contributed by atoms with van der Waals surface area (Å²) in [6.45, 7) is 4.35. The molecule has 0 heterocycles. The topological polar surface area (TPSA) is 61.8 Å².